The van der Waals surface area contributed by atoms with Crippen LogP contribution in [0.1, 0.15) is 18.2 Å². The van der Waals surface area contributed by atoms with E-state index < -0.39 is 23.8 Å². The van der Waals surface area contributed by atoms with Gasteiger partial charge in [0.15, 0.2) is 0 Å². The first-order valence-electron chi connectivity index (χ1n) is 11.4. The first kappa shape index (κ1) is 24.5. The molecule has 1 N–H and O–H groups in total. The number of carbonyl (C=O) groups excluding carboxylic acids is 2. The van der Waals surface area contributed by atoms with Gasteiger partial charge < -0.3 is 14.5 Å². The van der Waals surface area contributed by atoms with Crippen molar-refractivity contribution in [3.63, 3.8) is 0 Å². The van der Waals surface area contributed by atoms with Crippen molar-refractivity contribution in [3.05, 3.63) is 69.9 Å². The maximum atomic E-state index is 14.9. The van der Waals surface area contributed by atoms with Gasteiger partial charge in [-0.1, -0.05) is 24.3 Å². The number of rotatable bonds is 9. The Balaban J connectivity index is 1.58. The smallest absolute Gasteiger partial charge is 0.332 e. The fraction of sp³-hybridized carbons (Fsp3) is 0.360. The van der Waals surface area contributed by atoms with Crippen molar-refractivity contribution in [1.29, 1.82) is 0 Å². The van der Waals surface area contributed by atoms with E-state index in [9.17, 15) is 18.8 Å². The SMILES string of the molecule is COCCN(C)CCN1C(=O)N(c2cc(Cc3n[nH]c(=O)c4ccccc34)ccc2F)C(=O)C1C. The van der Waals surface area contributed by atoms with Crippen LogP contribution in [0.2, 0.25) is 0 Å². The third kappa shape index (κ3) is 4.94. The number of carbonyl (C=O) groups is 2. The van der Waals surface area contributed by atoms with E-state index in [-0.39, 0.29) is 17.7 Å². The minimum Gasteiger partial charge on any atom is -0.383 e. The molecule has 10 heteroatoms. The van der Waals surface area contributed by atoms with E-state index in [0.717, 1.165) is 4.90 Å². The van der Waals surface area contributed by atoms with Crippen LogP contribution in [0.3, 0.4) is 0 Å². The normalized spacial score (nSPS) is 16.2. The molecule has 184 valence electrons. The van der Waals surface area contributed by atoms with Crippen molar-refractivity contribution in [2.24, 2.45) is 0 Å². The minimum atomic E-state index is -0.703. The maximum absolute atomic E-state index is 14.9. The molecule has 0 radical (unpaired) electrons. The van der Waals surface area contributed by atoms with Gasteiger partial charge in [0, 0.05) is 38.6 Å². The number of anilines is 1. The third-order valence-corrected chi connectivity index (χ3v) is 6.28. The molecule has 1 fully saturated rings. The predicted molar refractivity (Wildman–Crippen MR) is 130 cm³/mol. The highest BCUT2D eigenvalue weighted by atomic mass is 19.1. The van der Waals surface area contributed by atoms with Crippen LogP contribution in [0.25, 0.3) is 10.8 Å². The third-order valence-electron chi connectivity index (χ3n) is 6.28. The number of imide groups is 1. The number of aromatic amines is 1. The molecule has 0 bridgehead atoms. The highest BCUT2D eigenvalue weighted by molar-refractivity contribution is 6.21. The molecular weight excluding hydrogens is 453 g/mol. The molecule has 1 aromatic heterocycles. The Kier molecular flexibility index (Phi) is 7.23. The second-order valence-corrected chi connectivity index (χ2v) is 8.63. The molecule has 0 spiro atoms. The van der Waals surface area contributed by atoms with Crippen LogP contribution in [-0.4, -0.2) is 78.4 Å². The van der Waals surface area contributed by atoms with Crippen LogP contribution < -0.4 is 10.5 Å². The zero-order chi connectivity index (χ0) is 25.1. The average molecular weight is 482 g/mol. The summed E-state index contributed by atoms with van der Waals surface area (Å²) in [5.41, 5.74) is 0.871. The molecule has 1 aliphatic heterocycles. The molecule has 3 aromatic rings. The zero-order valence-electron chi connectivity index (χ0n) is 20.0. The summed E-state index contributed by atoms with van der Waals surface area (Å²) in [6.07, 6.45) is 0.282. The zero-order valence-corrected chi connectivity index (χ0v) is 20.0. The number of likely N-dealkylation sites (N-methyl/N-ethyl adjacent to an activating group) is 1. The number of hydrogen-bond donors (Lipinski definition) is 1. The maximum Gasteiger partial charge on any atom is 0.332 e. The number of aromatic nitrogens is 2. The van der Waals surface area contributed by atoms with Gasteiger partial charge in [0.05, 0.1) is 23.4 Å². The molecule has 9 nitrogen and oxygen atoms in total. The summed E-state index contributed by atoms with van der Waals surface area (Å²) >= 11 is 0. The number of urea groups is 1. The van der Waals surface area contributed by atoms with Gasteiger partial charge in [-0.15, -0.1) is 0 Å². The van der Waals surface area contributed by atoms with E-state index in [1.54, 1.807) is 38.3 Å². The lowest BCUT2D eigenvalue weighted by Crippen LogP contribution is -2.40. The number of hydrogen-bond acceptors (Lipinski definition) is 6. The van der Waals surface area contributed by atoms with Gasteiger partial charge in [-0.05, 0) is 37.7 Å². The second kappa shape index (κ2) is 10.3. The highest BCUT2D eigenvalue weighted by Gasteiger charge is 2.44. The lowest BCUT2D eigenvalue weighted by molar-refractivity contribution is -0.119. The van der Waals surface area contributed by atoms with Crippen LogP contribution in [-0.2, 0) is 16.0 Å². The quantitative estimate of drug-likeness (QED) is 0.471. The molecule has 2 heterocycles. The van der Waals surface area contributed by atoms with E-state index in [1.807, 2.05) is 18.0 Å². The molecule has 4 rings (SSSR count). The Morgan fingerprint density at radius 1 is 1.11 bits per heavy atom. The number of amides is 3. The number of halogens is 1. The first-order valence-corrected chi connectivity index (χ1v) is 11.4. The van der Waals surface area contributed by atoms with Gasteiger partial charge in [0.25, 0.3) is 11.5 Å². The van der Waals surface area contributed by atoms with Gasteiger partial charge in [-0.3, -0.25) is 9.59 Å². The van der Waals surface area contributed by atoms with Crippen LogP contribution in [0.15, 0.2) is 47.3 Å². The number of benzene rings is 2. The largest absolute Gasteiger partial charge is 0.383 e. The molecule has 2 aromatic carbocycles. The van der Waals surface area contributed by atoms with Crippen molar-refractivity contribution in [3.8, 4) is 0 Å². The number of H-pyrrole nitrogens is 1. The average Bonchev–Trinajstić information content (AvgIpc) is 3.07. The number of nitrogens with one attached hydrogen (secondary N) is 1. The number of methoxy groups -OCH3 is 1. The van der Waals surface area contributed by atoms with E-state index in [1.165, 1.54) is 17.0 Å². The molecule has 3 amide bonds. The Hall–Kier alpha value is -3.63. The molecule has 35 heavy (non-hydrogen) atoms. The summed E-state index contributed by atoms with van der Waals surface area (Å²) in [6.45, 7) is 3.77. The molecular formula is C25H28FN5O4. The van der Waals surface area contributed by atoms with Crippen LogP contribution in [0.5, 0.6) is 0 Å². The molecule has 1 aliphatic rings. The molecule has 0 aliphatic carbocycles. The molecule has 0 saturated carbocycles. The lowest BCUT2D eigenvalue weighted by atomic mass is 10.0. The Morgan fingerprint density at radius 3 is 2.60 bits per heavy atom. The molecule has 1 atom stereocenters. The highest BCUT2D eigenvalue weighted by Crippen LogP contribution is 2.29. The van der Waals surface area contributed by atoms with Crippen molar-refractivity contribution in [1.82, 2.24) is 20.0 Å². The number of ether oxygens (including phenoxy) is 1. The molecule has 1 unspecified atom stereocenters. The second-order valence-electron chi connectivity index (χ2n) is 8.63. The summed E-state index contributed by atoms with van der Waals surface area (Å²) in [7, 11) is 3.52. The van der Waals surface area contributed by atoms with Crippen LogP contribution in [0.4, 0.5) is 14.9 Å². The fourth-order valence-electron chi connectivity index (χ4n) is 4.20. The van der Waals surface area contributed by atoms with E-state index in [2.05, 4.69) is 10.2 Å². The lowest BCUT2D eigenvalue weighted by Gasteiger charge is -2.23. The van der Waals surface area contributed by atoms with Gasteiger partial charge in [0.2, 0.25) is 0 Å². The predicted octanol–water partition coefficient (Wildman–Crippen LogP) is 2.39. The summed E-state index contributed by atoms with van der Waals surface area (Å²) in [5, 5.41) is 7.85. The van der Waals surface area contributed by atoms with Crippen LogP contribution in [0, 0.1) is 5.82 Å². The molecule has 1 saturated heterocycles. The van der Waals surface area contributed by atoms with Crippen molar-refractivity contribution in [2.75, 3.05) is 45.3 Å². The summed E-state index contributed by atoms with van der Waals surface area (Å²) in [6, 6.07) is 10.2. The summed E-state index contributed by atoms with van der Waals surface area (Å²) in [4.78, 5) is 42.6. The standard InChI is InChI=1S/C25H28FN5O4/c1-16-24(33)31(25(34)30(16)11-10-29(2)12-13-35-3)22-15-17(8-9-20(22)26)14-21-18-6-4-5-7-19(18)23(32)28-27-21/h4-9,15-16H,10-14H2,1-3H3,(H,28,32). The van der Waals surface area contributed by atoms with E-state index in [4.69, 9.17) is 4.74 Å². The Labute approximate surface area is 202 Å². The van der Waals surface area contributed by atoms with Gasteiger partial charge in [-0.2, -0.15) is 5.10 Å². The Bertz CT molecular complexity index is 1310. The number of fused-ring (bicyclic) bond motifs is 1. The van der Waals surface area contributed by atoms with Gasteiger partial charge in [-0.25, -0.2) is 19.2 Å². The fourth-order valence-corrected chi connectivity index (χ4v) is 4.20. The summed E-state index contributed by atoms with van der Waals surface area (Å²) in [5.74, 6) is -1.14. The summed E-state index contributed by atoms with van der Waals surface area (Å²) < 4.78 is 19.9. The first-order chi connectivity index (χ1) is 16.8. The minimum absolute atomic E-state index is 0.0895. The van der Waals surface area contributed by atoms with E-state index in [0.29, 0.717) is 48.3 Å². The van der Waals surface area contributed by atoms with Crippen molar-refractivity contribution >= 4 is 28.4 Å². The van der Waals surface area contributed by atoms with Gasteiger partial charge >= 0.3 is 6.03 Å². The monoisotopic (exact) mass is 481 g/mol. The van der Waals surface area contributed by atoms with Crippen LogP contribution >= 0.6 is 0 Å². The van der Waals surface area contributed by atoms with Gasteiger partial charge in [0.1, 0.15) is 11.9 Å². The van der Waals surface area contributed by atoms with E-state index >= 15 is 0 Å². The topological polar surface area (TPSA) is 98.8 Å². The van der Waals surface area contributed by atoms with Crippen molar-refractivity contribution in [2.45, 2.75) is 19.4 Å². The number of nitrogens with zero attached hydrogens (tertiary/aromatic N) is 4. The van der Waals surface area contributed by atoms with Crippen molar-refractivity contribution < 1.29 is 18.7 Å². The Morgan fingerprint density at radius 2 is 1.86 bits per heavy atom.